The Balaban J connectivity index is 1.69. The number of esters is 1. The van der Waals surface area contributed by atoms with Crippen molar-refractivity contribution in [1.82, 2.24) is 15.0 Å². The highest BCUT2D eigenvalue weighted by molar-refractivity contribution is 5.81. The minimum Gasteiger partial charge on any atom is -0.459 e. The van der Waals surface area contributed by atoms with E-state index < -0.39 is 29.5 Å². The van der Waals surface area contributed by atoms with Crippen LogP contribution >= 0.6 is 0 Å². The van der Waals surface area contributed by atoms with Gasteiger partial charge in [0.2, 0.25) is 0 Å². The van der Waals surface area contributed by atoms with E-state index in [0.717, 1.165) is 24.8 Å². The van der Waals surface area contributed by atoms with Crippen LogP contribution in [-0.4, -0.2) is 33.4 Å². The van der Waals surface area contributed by atoms with Crippen LogP contribution in [0, 0.1) is 0 Å². The lowest BCUT2D eigenvalue weighted by molar-refractivity contribution is -0.147. The zero-order chi connectivity index (χ0) is 23.8. The van der Waals surface area contributed by atoms with Crippen LogP contribution in [0.4, 0.5) is 4.79 Å². The maximum atomic E-state index is 12.8. The fourth-order valence-electron chi connectivity index (χ4n) is 3.59. The van der Waals surface area contributed by atoms with Gasteiger partial charge in [0, 0.05) is 6.42 Å². The molecule has 33 heavy (non-hydrogen) atoms. The Morgan fingerprint density at radius 2 is 2.03 bits per heavy atom. The Hall–Kier alpha value is -3.36. The van der Waals surface area contributed by atoms with Gasteiger partial charge < -0.3 is 14.8 Å². The molecule has 0 radical (unpaired) electrons. The highest BCUT2D eigenvalue weighted by Gasteiger charge is 2.26. The number of fused-ring (bicyclic) bond motifs is 1. The van der Waals surface area contributed by atoms with Crippen molar-refractivity contribution in [1.29, 1.82) is 0 Å². The maximum absolute atomic E-state index is 12.8. The van der Waals surface area contributed by atoms with E-state index in [1.807, 2.05) is 36.4 Å². The van der Waals surface area contributed by atoms with Crippen molar-refractivity contribution in [2.75, 3.05) is 0 Å². The molecule has 9 heteroatoms. The van der Waals surface area contributed by atoms with Crippen LogP contribution < -0.4 is 11.1 Å². The summed E-state index contributed by atoms with van der Waals surface area (Å²) in [7, 11) is 0. The summed E-state index contributed by atoms with van der Waals surface area (Å²) in [5.74, 6) is -0.442. The zero-order valence-corrected chi connectivity index (χ0v) is 19.3. The summed E-state index contributed by atoms with van der Waals surface area (Å²) in [6.07, 6.45) is 6.40. The Kier molecular flexibility index (Phi) is 8.08. The van der Waals surface area contributed by atoms with Crippen LogP contribution in [0.25, 0.3) is 0 Å². The molecule has 1 aromatic carbocycles. The van der Waals surface area contributed by atoms with Crippen molar-refractivity contribution in [3.05, 3.63) is 64.4 Å². The number of nitrogens with zero attached hydrogens (tertiary/aromatic N) is 2. The lowest BCUT2D eigenvalue weighted by Gasteiger charge is -2.22. The number of carbonyl (C=O) groups excluding carboxylic acids is 2. The summed E-state index contributed by atoms with van der Waals surface area (Å²) in [6.45, 7) is 5.33. The van der Waals surface area contributed by atoms with E-state index in [2.05, 4.69) is 10.5 Å². The first-order valence-corrected chi connectivity index (χ1v) is 11.2. The number of amides is 1. The van der Waals surface area contributed by atoms with Gasteiger partial charge in [0.05, 0.1) is 6.04 Å². The van der Waals surface area contributed by atoms with Crippen LogP contribution in [0.1, 0.15) is 63.9 Å². The number of hydrogen-bond acceptors (Lipinski definition) is 7. The van der Waals surface area contributed by atoms with Gasteiger partial charge in [-0.2, -0.15) is 0 Å². The van der Waals surface area contributed by atoms with Crippen LogP contribution in [0.3, 0.4) is 0 Å². The highest BCUT2D eigenvalue weighted by atomic mass is 16.6. The zero-order valence-electron chi connectivity index (χ0n) is 19.3. The van der Waals surface area contributed by atoms with Gasteiger partial charge in [-0.15, -0.1) is 0 Å². The number of nitrogens with one attached hydrogen (secondary N) is 1. The van der Waals surface area contributed by atoms with E-state index in [9.17, 15) is 14.4 Å². The van der Waals surface area contributed by atoms with E-state index in [1.165, 1.54) is 0 Å². The van der Waals surface area contributed by atoms with Crippen LogP contribution in [0.5, 0.6) is 0 Å². The van der Waals surface area contributed by atoms with Crippen LogP contribution in [0.2, 0.25) is 0 Å². The van der Waals surface area contributed by atoms with Gasteiger partial charge in [0.25, 0.3) is 0 Å². The molecule has 2 unspecified atom stereocenters. The second-order valence-electron chi connectivity index (χ2n) is 9.00. The van der Waals surface area contributed by atoms with E-state index in [0.29, 0.717) is 12.2 Å². The van der Waals surface area contributed by atoms with E-state index >= 15 is 0 Å². The Labute approximate surface area is 192 Å². The largest absolute Gasteiger partial charge is 0.459 e. The topological polar surface area (TPSA) is 113 Å². The van der Waals surface area contributed by atoms with Crippen LogP contribution in [0.15, 0.2) is 51.8 Å². The quantitative estimate of drug-likeness (QED) is 0.498. The Morgan fingerprint density at radius 3 is 2.76 bits per heavy atom. The number of aryl methyl sites for hydroxylation is 1. The van der Waals surface area contributed by atoms with Crippen molar-refractivity contribution in [2.45, 2.75) is 77.2 Å². The third kappa shape index (κ3) is 7.34. The molecule has 1 aliphatic rings. The number of carbonyl (C=O) groups is 2. The summed E-state index contributed by atoms with van der Waals surface area (Å²) >= 11 is 0. The molecule has 178 valence electrons. The molecule has 1 aliphatic heterocycles. The summed E-state index contributed by atoms with van der Waals surface area (Å²) in [6, 6.07) is 8.13. The summed E-state index contributed by atoms with van der Waals surface area (Å²) < 4.78 is 17.1. The van der Waals surface area contributed by atoms with Gasteiger partial charge >= 0.3 is 17.8 Å². The van der Waals surface area contributed by atoms with Crippen molar-refractivity contribution in [2.24, 2.45) is 0 Å². The monoisotopic (exact) mass is 457 g/mol. The first-order valence-electron chi connectivity index (χ1n) is 11.2. The van der Waals surface area contributed by atoms with E-state index in [-0.39, 0.29) is 19.1 Å². The molecule has 2 atom stereocenters. The molecule has 1 amide bonds. The first kappa shape index (κ1) is 24.3. The first-order chi connectivity index (χ1) is 15.7. The van der Waals surface area contributed by atoms with Crippen molar-refractivity contribution in [3.8, 4) is 0 Å². The SMILES string of the molecule is CC(C)(C)OC(=O)NC(CC=CC1CCCCc2noc(=O)n21)C(=O)OCc1ccccc1. The molecular formula is C24H31N3O6. The predicted octanol–water partition coefficient (Wildman–Crippen LogP) is 3.69. The molecule has 0 saturated carbocycles. The summed E-state index contributed by atoms with van der Waals surface area (Å²) in [5.41, 5.74) is 0.139. The predicted molar refractivity (Wildman–Crippen MR) is 121 cm³/mol. The lowest BCUT2D eigenvalue weighted by atomic mass is 10.1. The number of ether oxygens (including phenoxy) is 2. The normalized spacial score (nSPS) is 17.1. The van der Waals surface area contributed by atoms with Gasteiger partial charge in [-0.05, 0) is 45.6 Å². The number of benzene rings is 1. The number of rotatable bonds is 7. The Morgan fingerprint density at radius 1 is 1.27 bits per heavy atom. The molecule has 1 aromatic heterocycles. The second-order valence-corrected chi connectivity index (χ2v) is 9.00. The van der Waals surface area contributed by atoms with Crippen molar-refractivity contribution in [3.63, 3.8) is 0 Å². The number of alkyl carbamates (subject to hydrolysis) is 1. The van der Waals surface area contributed by atoms with Gasteiger partial charge in [-0.25, -0.2) is 14.4 Å². The molecule has 0 fully saturated rings. The molecule has 9 nitrogen and oxygen atoms in total. The molecule has 0 spiro atoms. The summed E-state index contributed by atoms with van der Waals surface area (Å²) in [5, 5.41) is 6.46. The van der Waals surface area contributed by atoms with E-state index in [1.54, 1.807) is 31.4 Å². The molecular weight excluding hydrogens is 426 g/mol. The van der Waals surface area contributed by atoms with Gasteiger partial charge in [0.1, 0.15) is 18.2 Å². The molecule has 0 bridgehead atoms. The fraction of sp³-hybridized carbons (Fsp3) is 0.500. The smallest absolute Gasteiger partial charge is 0.442 e. The van der Waals surface area contributed by atoms with Crippen molar-refractivity contribution < 1.29 is 23.6 Å². The van der Waals surface area contributed by atoms with Gasteiger partial charge in [-0.1, -0.05) is 54.1 Å². The number of hydrogen-bond donors (Lipinski definition) is 1. The van der Waals surface area contributed by atoms with Gasteiger partial charge in [-0.3, -0.25) is 9.09 Å². The number of aromatic nitrogens is 2. The summed E-state index contributed by atoms with van der Waals surface area (Å²) in [4.78, 5) is 37.1. The van der Waals surface area contributed by atoms with Crippen molar-refractivity contribution >= 4 is 12.1 Å². The molecule has 3 rings (SSSR count). The lowest BCUT2D eigenvalue weighted by Crippen LogP contribution is -2.44. The molecule has 2 heterocycles. The third-order valence-electron chi connectivity index (χ3n) is 5.12. The second kappa shape index (κ2) is 11.0. The van der Waals surface area contributed by atoms with E-state index in [4.69, 9.17) is 14.0 Å². The molecule has 2 aromatic rings. The maximum Gasteiger partial charge on any atom is 0.442 e. The fourth-order valence-corrected chi connectivity index (χ4v) is 3.59. The third-order valence-corrected chi connectivity index (χ3v) is 5.12. The van der Waals surface area contributed by atoms with Crippen LogP contribution in [-0.2, 0) is 27.3 Å². The molecule has 0 aliphatic carbocycles. The number of allylic oxidation sites excluding steroid dienone is 1. The minimum atomic E-state index is -0.941. The minimum absolute atomic E-state index is 0.0952. The standard InChI is InChI=1S/C24H31N3O6/c1-24(2,3)32-22(29)25-19(21(28)31-16-17-10-5-4-6-11-17)14-9-13-18-12-7-8-15-20-26-33-23(30)27(18)20/h4-6,9-11,13,18-19H,7-8,12,14-16H2,1-3H3,(H,25,29). The Bertz CT molecular complexity index is 1020. The average molecular weight is 458 g/mol. The highest BCUT2D eigenvalue weighted by Crippen LogP contribution is 2.22. The molecule has 0 saturated heterocycles. The molecule has 1 N–H and O–H groups in total. The average Bonchev–Trinajstić information content (AvgIpc) is 2.99. The van der Waals surface area contributed by atoms with Gasteiger partial charge in [0.15, 0.2) is 5.82 Å².